The minimum atomic E-state index is -0.589. The summed E-state index contributed by atoms with van der Waals surface area (Å²) in [6, 6.07) is 10.4. The zero-order chi connectivity index (χ0) is 24.2. The zero-order valence-corrected chi connectivity index (χ0v) is 20.3. The van der Waals surface area contributed by atoms with Crippen molar-refractivity contribution in [1.29, 1.82) is 0 Å². The first-order valence-corrected chi connectivity index (χ1v) is 11.7. The van der Waals surface area contributed by atoms with Crippen molar-refractivity contribution in [3.8, 4) is 17.2 Å². The van der Waals surface area contributed by atoms with Crippen molar-refractivity contribution in [2.75, 3.05) is 41.0 Å². The summed E-state index contributed by atoms with van der Waals surface area (Å²) in [5, 5.41) is 2.95. The highest BCUT2D eigenvalue weighted by molar-refractivity contribution is 5.87. The lowest BCUT2D eigenvalue weighted by molar-refractivity contribution is -0.131. The fourth-order valence-electron chi connectivity index (χ4n) is 4.85. The Morgan fingerprint density at radius 3 is 2.21 bits per heavy atom. The molecule has 0 bridgehead atoms. The van der Waals surface area contributed by atoms with Crippen LogP contribution in [0.25, 0.3) is 0 Å². The molecule has 182 valence electrons. The summed E-state index contributed by atoms with van der Waals surface area (Å²) in [5.41, 5.74) is 3.02. The molecule has 2 heterocycles. The molecule has 2 aliphatic rings. The van der Waals surface area contributed by atoms with E-state index in [9.17, 15) is 9.59 Å². The number of carbonyl (C=O) groups is 2. The lowest BCUT2D eigenvalue weighted by Gasteiger charge is -2.38. The molecule has 1 unspecified atom stereocenters. The molecular weight excluding hydrogens is 434 g/mol. The van der Waals surface area contributed by atoms with Crippen LogP contribution in [0, 0.1) is 0 Å². The van der Waals surface area contributed by atoms with Crippen LogP contribution in [0.15, 0.2) is 36.4 Å². The largest absolute Gasteiger partial charge is 0.497 e. The second-order valence-electron chi connectivity index (χ2n) is 8.73. The number of urea groups is 1. The summed E-state index contributed by atoms with van der Waals surface area (Å²) >= 11 is 0. The predicted octanol–water partition coefficient (Wildman–Crippen LogP) is 3.38. The number of hydrogen-bond donors (Lipinski definition) is 1. The Kier molecular flexibility index (Phi) is 7.14. The van der Waals surface area contributed by atoms with E-state index in [0.717, 1.165) is 48.4 Å². The maximum atomic E-state index is 13.5. The van der Waals surface area contributed by atoms with Crippen LogP contribution in [0.4, 0.5) is 4.79 Å². The number of likely N-dealkylation sites (tertiary alicyclic amines) is 1. The fourth-order valence-corrected chi connectivity index (χ4v) is 4.85. The van der Waals surface area contributed by atoms with Gasteiger partial charge in [0.1, 0.15) is 11.8 Å². The molecule has 0 saturated carbocycles. The summed E-state index contributed by atoms with van der Waals surface area (Å²) in [6.07, 6.45) is 2.70. The first-order valence-electron chi connectivity index (χ1n) is 11.7. The smallest absolute Gasteiger partial charge is 0.318 e. The van der Waals surface area contributed by atoms with Crippen LogP contribution < -0.4 is 19.5 Å². The van der Waals surface area contributed by atoms with Crippen LogP contribution in [0.5, 0.6) is 17.2 Å². The van der Waals surface area contributed by atoms with E-state index in [0.29, 0.717) is 24.5 Å². The highest BCUT2D eigenvalue weighted by Crippen LogP contribution is 2.41. The van der Waals surface area contributed by atoms with Crippen LogP contribution in [-0.4, -0.2) is 68.7 Å². The number of ether oxygens (including phenoxy) is 3. The molecule has 2 atom stereocenters. The first kappa shape index (κ1) is 23.7. The van der Waals surface area contributed by atoms with Gasteiger partial charge in [-0.2, -0.15) is 0 Å². The summed E-state index contributed by atoms with van der Waals surface area (Å²) in [5.74, 6) is 1.99. The standard InChI is InChI=1S/C26H33N3O5/c1-17(25(30)28-12-5-6-13-28)27-26(31)29-14-11-19-15-22(33-3)23(34-4)16-21(19)24(29)18-7-9-20(32-2)10-8-18/h7-10,15-17,24H,5-6,11-14H2,1-4H3,(H,27,31)/t17-,24?/m1/s1. The highest BCUT2D eigenvalue weighted by Gasteiger charge is 2.35. The molecule has 2 aromatic carbocycles. The highest BCUT2D eigenvalue weighted by atomic mass is 16.5. The van der Waals surface area contributed by atoms with Gasteiger partial charge in [0.05, 0.1) is 27.4 Å². The second kappa shape index (κ2) is 10.2. The van der Waals surface area contributed by atoms with Gasteiger partial charge in [0.25, 0.3) is 0 Å². The van der Waals surface area contributed by atoms with Crippen LogP contribution in [0.2, 0.25) is 0 Å². The third kappa shape index (κ3) is 4.62. The number of hydrogen-bond acceptors (Lipinski definition) is 5. The van der Waals surface area contributed by atoms with E-state index >= 15 is 0 Å². The van der Waals surface area contributed by atoms with Crippen molar-refractivity contribution in [3.63, 3.8) is 0 Å². The summed E-state index contributed by atoms with van der Waals surface area (Å²) < 4.78 is 16.4. The van der Waals surface area contributed by atoms with Gasteiger partial charge in [-0.3, -0.25) is 4.79 Å². The molecule has 8 heteroatoms. The molecule has 34 heavy (non-hydrogen) atoms. The average Bonchev–Trinajstić information content (AvgIpc) is 3.41. The van der Waals surface area contributed by atoms with Gasteiger partial charge in [-0.05, 0) is 67.1 Å². The number of fused-ring (bicyclic) bond motifs is 1. The lowest BCUT2D eigenvalue weighted by atomic mass is 9.87. The molecule has 1 N–H and O–H groups in total. The van der Waals surface area contributed by atoms with E-state index in [1.165, 1.54) is 0 Å². The van der Waals surface area contributed by atoms with Crippen molar-refractivity contribution < 1.29 is 23.8 Å². The summed E-state index contributed by atoms with van der Waals surface area (Å²) in [6.45, 7) is 3.78. The van der Waals surface area contributed by atoms with Gasteiger partial charge >= 0.3 is 6.03 Å². The number of benzene rings is 2. The van der Waals surface area contributed by atoms with Crippen LogP contribution in [-0.2, 0) is 11.2 Å². The van der Waals surface area contributed by atoms with E-state index in [2.05, 4.69) is 5.32 Å². The Bertz CT molecular complexity index is 1030. The third-order valence-electron chi connectivity index (χ3n) is 6.69. The van der Waals surface area contributed by atoms with E-state index in [-0.39, 0.29) is 18.0 Å². The fraction of sp³-hybridized carbons (Fsp3) is 0.462. The molecule has 3 amide bonds. The molecule has 0 radical (unpaired) electrons. The molecule has 2 aliphatic heterocycles. The van der Waals surface area contributed by atoms with Crippen molar-refractivity contribution in [2.45, 2.75) is 38.3 Å². The second-order valence-corrected chi connectivity index (χ2v) is 8.73. The van der Waals surface area contributed by atoms with Gasteiger partial charge in [0, 0.05) is 19.6 Å². The average molecular weight is 468 g/mol. The Balaban J connectivity index is 1.66. The molecule has 1 saturated heterocycles. The molecule has 0 spiro atoms. The third-order valence-corrected chi connectivity index (χ3v) is 6.69. The minimum Gasteiger partial charge on any atom is -0.497 e. The predicted molar refractivity (Wildman–Crippen MR) is 129 cm³/mol. The van der Waals surface area contributed by atoms with E-state index < -0.39 is 6.04 Å². The minimum absolute atomic E-state index is 0.0318. The van der Waals surface area contributed by atoms with E-state index in [4.69, 9.17) is 14.2 Å². The molecule has 8 nitrogen and oxygen atoms in total. The summed E-state index contributed by atoms with van der Waals surface area (Å²) in [7, 11) is 4.85. The van der Waals surface area contributed by atoms with Crippen molar-refractivity contribution in [1.82, 2.24) is 15.1 Å². The van der Waals surface area contributed by atoms with Gasteiger partial charge in [-0.15, -0.1) is 0 Å². The van der Waals surface area contributed by atoms with Crippen molar-refractivity contribution >= 4 is 11.9 Å². The quantitative estimate of drug-likeness (QED) is 0.705. The number of nitrogens with zero attached hydrogens (tertiary/aromatic N) is 2. The molecular formula is C26H33N3O5. The Morgan fingerprint density at radius 1 is 0.941 bits per heavy atom. The van der Waals surface area contributed by atoms with Crippen molar-refractivity contribution in [2.24, 2.45) is 0 Å². The Hall–Kier alpha value is -3.42. The zero-order valence-electron chi connectivity index (χ0n) is 20.3. The van der Waals surface area contributed by atoms with E-state index in [1.54, 1.807) is 33.2 Å². The van der Waals surface area contributed by atoms with Crippen LogP contribution in [0.3, 0.4) is 0 Å². The van der Waals surface area contributed by atoms with E-state index in [1.807, 2.05) is 41.3 Å². The van der Waals surface area contributed by atoms with Gasteiger partial charge in [-0.25, -0.2) is 4.79 Å². The number of rotatable bonds is 6. The SMILES string of the molecule is COc1ccc(C2c3cc(OC)c(OC)cc3CCN2C(=O)N[C@H](C)C(=O)N2CCCC2)cc1. The molecule has 4 rings (SSSR count). The molecule has 2 aromatic rings. The monoisotopic (exact) mass is 467 g/mol. The number of nitrogens with one attached hydrogen (secondary N) is 1. The van der Waals surface area contributed by atoms with Crippen LogP contribution >= 0.6 is 0 Å². The van der Waals surface area contributed by atoms with Gasteiger partial charge in [0.15, 0.2) is 11.5 Å². The van der Waals surface area contributed by atoms with Gasteiger partial charge < -0.3 is 29.3 Å². The maximum absolute atomic E-state index is 13.5. The number of carbonyl (C=O) groups excluding carboxylic acids is 2. The normalized spacial score (nSPS) is 18.2. The molecule has 0 aromatic heterocycles. The number of methoxy groups -OCH3 is 3. The topological polar surface area (TPSA) is 80.3 Å². The first-order chi connectivity index (χ1) is 16.5. The maximum Gasteiger partial charge on any atom is 0.318 e. The van der Waals surface area contributed by atoms with Gasteiger partial charge in [-0.1, -0.05) is 12.1 Å². The lowest BCUT2D eigenvalue weighted by Crippen LogP contribution is -2.52. The summed E-state index contributed by atoms with van der Waals surface area (Å²) in [4.78, 5) is 29.9. The van der Waals surface area contributed by atoms with Crippen molar-refractivity contribution in [3.05, 3.63) is 53.1 Å². The molecule has 0 aliphatic carbocycles. The Labute approximate surface area is 200 Å². The number of amides is 3. The Morgan fingerprint density at radius 2 is 1.59 bits per heavy atom. The van der Waals surface area contributed by atoms with Crippen LogP contribution in [0.1, 0.15) is 42.5 Å². The van der Waals surface area contributed by atoms with Gasteiger partial charge in [0.2, 0.25) is 5.91 Å². The molecule has 1 fully saturated rings.